The van der Waals surface area contributed by atoms with Crippen molar-refractivity contribution < 1.29 is 8.42 Å². The second-order valence-electron chi connectivity index (χ2n) is 4.19. The van der Waals surface area contributed by atoms with E-state index < -0.39 is 9.84 Å². The minimum atomic E-state index is -3.57. The van der Waals surface area contributed by atoms with Crippen LogP contribution in [0.5, 0.6) is 0 Å². The predicted molar refractivity (Wildman–Crippen MR) is 75.3 cm³/mol. The Hall–Kier alpha value is -2.63. The standard InChI is InChI=1S/C15H10N2O2S/c1-11-7-13(14(9-16)10-17)8-15(20(11,18)19)12-5-3-2-4-6-12/h2-8H,1H3. The van der Waals surface area contributed by atoms with Gasteiger partial charge in [0.2, 0.25) is 9.84 Å². The normalized spacial score (nSPS) is 16.4. The molecule has 0 fully saturated rings. The number of nitrogens with zero attached hydrogens (tertiary/aromatic N) is 2. The van der Waals surface area contributed by atoms with Crippen LogP contribution >= 0.6 is 0 Å². The van der Waals surface area contributed by atoms with E-state index in [4.69, 9.17) is 10.5 Å². The summed E-state index contributed by atoms with van der Waals surface area (Å²) in [4.78, 5) is 0.230. The van der Waals surface area contributed by atoms with Crippen LogP contribution in [0.3, 0.4) is 0 Å². The minimum Gasteiger partial charge on any atom is -0.219 e. The lowest BCUT2D eigenvalue weighted by molar-refractivity contribution is 0.611. The van der Waals surface area contributed by atoms with Gasteiger partial charge in [0.15, 0.2) is 0 Å². The number of hydrogen-bond donors (Lipinski definition) is 0. The van der Waals surface area contributed by atoms with Crippen LogP contribution in [0.25, 0.3) is 4.91 Å². The third kappa shape index (κ3) is 2.27. The molecule has 1 aromatic rings. The Morgan fingerprint density at radius 3 is 2.20 bits per heavy atom. The van der Waals surface area contributed by atoms with E-state index in [0.717, 1.165) is 0 Å². The molecule has 0 atom stereocenters. The van der Waals surface area contributed by atoms with Crippen LogP contribution < -0.4 is 0 Å². The first-order valence-corrected chi connectivity index (χ1v) is 7.24. The largest absolute Gasteiger partial charge is 0.219 e. The van der Waals surface area contributed by atoms with Crippen molar-refractivity contribution in [1.82, 2.24) is 0 Å². The van der Waals surface area contributed by atoms with Gasteiger partial charge in [-0.3, -0.25) is 0 Å². The molecule has 0 radical (unpaired) electrons. The van der Waals surface area contributed by atoms with E-state index in [1.807, 2.05) is 0 Å². The number of hydrogen-bond acceptors (Lipinski definition) is 4. The third-order valence-corrected chi connectivity index (χ3v) is 4.83. The summed E-state index contributed by atoms with van der Waals surface area (Å²) in [5.74, 6) is 0. The molecule has 5 heteroatoms. The highest BCUT2D eigenvalue weighted by Gasteiger charge is 2.26. The summed E-state index contributed by atoms with van der Waals surface area (Å²) in [5.41, 5.74) is 0.751. The zero-order valence-corrected chi connectivity index (χ0v) is 11.5. The molecule has 1 aliphatic rings. The summed E-state index contributed by atoms with van der Waals surface area (Å²) >= 11 is 0. The molecule has 1 aromatic carbocycles. The highest BCUT2D eigenvalue weighted by atomic mass is 32.2. The zero-order chi connectivity index (χ0) is 14.8. The number of benzene rings is 1. The van der Waals surface area contributed by atoms with Crippen molar-refractivity contribution in [3.63, 3.8) is 0 Å². The molecule has 1 heterocycles. The van der Waals surface area contributed by atoms with Gasteiger partial charge in [-0.05, 0) is 24.6 Å². The molecule has 1 aliphatic heterocycles. The minimum absolute atomic E-state index is 0.104. The Balaban J connectivity index is 2.75. The highest BCUT2D eigenvalue weighted by molar-refractivity contribution is 8.04. The fourth-order valence-corrected chi connectivity index (χ4v) is 3.23. The Morgan fingerprint density at radius 1 is 1.05 bits per heavy atom. The molecule has 0 saturated carbocycles. The van der Waals surface area contributed by atoms with Crippen molar-refractivity contribution in [2.45, 2.75) is 6.92 Å². The summed E-state index contributed by atoms with van der Waals surface area (Å²) in [5, 5.41) is 17.8. The van der Waals surface area contributed by atoms with Crippen LogP contribution in [-0.4, -0.2) is 8.42 Å². The number of sulfone groups is 1. The van der Waals surface area contributed by atoms with Crippen LogP contribution in [0.1, 0.15) is 12.5 Å². The van der Waals surface area contributed by atoms with Gasteiger partial charge in [-0.15, -0.1) is 0 Å². The number of allylic oxidation sites excluding steroid dienone is 5. The van der Waals surface area contributed by atoms with E-state index in [9.17, 15) is 8.42 Å². The van der Waals surface area contributed by atoms with Crippen LogP contribution in [0.4, 0.5) is 0 Å². The first kappa shape index (κ1) is 13.8. The van der Waals surface area contributed by atoms with E-state index in [2.05, 4.69) is 0 Å². The smallest absolute Gasteiger partial charge is 0.203 e. The maximum absolute atomic E-state index is 12.3. The first-order chi connectivity index (χ1) is 9.50. The quantitative estimate of drug-likeness (QED) is 0.741. The molecule has 0 aliphatic carbocycles. The SMILES string of the molecule is CC1=CC(=C(C#N)C#N)C=C(c2ccccc2)S1(=O)=O. The Labute approximate surface area is 117 Å². The average molecular weight is 282 g/mol. The van der Waals surface area contributed by atoms with Gasteiger partial charge in [0.25, 0.3) is 0 Å². The molecule has 0 bridgehead atoms. The van der Waals surface area contributed by atoms with Crippen LogP contribution in [-0.2, 0) is 9.84 Å². The van der Waals surface area contributed by atoms with E-state index in [-0.39, 0.29) is 15.4 Å². The van der Waals surface area contributed by atoms with Crippen molar-refractivity contribution in [2.24, 2.45) is 0 Å². The van der Waals surface area contributed by atoms with Gasteiger partial charge in [-0.1, -0.05) is 30.3 Å². The van der Waals surface area contributed by atoms with Gasteiger partial charge in [-0.25, -0.2) is 8.42 Å². The van der Waals surface area contributed by atoms with Gasteiger partial charge in [0.05, 0.1) is 4.91 Å². The molecule has 0 aromatic heterocycles. The molecule has 98 valence electrons. The van der Waals surface area contributed by atoms with Crippen LogP contribution in [0.2, 0.25) is 0 Å². The van der Waals surface area contributed by atoms with Crippen LogP contribution in [0.15, 0.2) is 58.5 Å². The predicted octanol–water partition coefficient (Wildman–Crippen LogP) is 2.70. The maximum Gasteiger partial charge on any atom is 0.203 e. The lowest BCUT2D eigenvalue weighted by Crippen LogP contribution is -2.09. The summed E-state index contributed by atoms with van der Waals surface area (Å²) in [7, 11) is -3.57. The van der Waals surface area contributed by atoms with Gasteiger partial charge >= 0.3 is 0 Å². The summed E-state index contributed by atoms with van der Waals surface area (Å²) in [6, 6.07) is 12.2. The average Bonchev–Trinajstić information content (AvgIpc) is 2.45. The Bertz CT molecular complexity index is 814. The highest BCUT2D eigenvalue weighted by Crippen LogP contribution is 2.33. The third-order valence-electron chi connectivity index (χ3n) is 2.93. The molecule has 2 rings (SSSR count). The van der Waals surface area contributed by atoms with E-state index >= 15 is 0 Å². The second kappa shape index (κ2) is 5.16. The summed E-state index contributed by atoms with van der Waals surface area (Å²) in [6.07, 6.45) is 2.73. The molecule has 0 spiro atoms. The monoisotopic (exact) mass is 282 g/mol. The second-order valence-corrected chi connectivity index (χ2v) is 6.28. The number of nitriles is 2. The maximum atomic E-state index is 12.3. The topological polar surface area (TPSA) is 81.7 Å². The van der Waals surface area contributed by atoms with E-state index in [1.54, 1.807) is 42.5 Å². The molecule has 0 N–H and O–H groups in total. The van der Waals surface area contributed by atoms with Crippen molar-refractivity contribution in [3.8, 4) is 12.1 Å². The first-order valence-electron chi connectivity index (χ1n) is 5.75. The molecule has 4 nitrogen and oxygen atoms in total. The van der Waals surface area contributed by atoms with Gasteiger partial charge in [0.1, 0.15) is 17.7 Å². The molecule has 0 saturated heterocycles. The van der Waals surface area contributed by atoms with Crippen molar-refractivity contribution in [2.75, 3.05) is 0 Å². The van der Waals surface area contributed by atoms with E-state index in [1.165, 1.54) is 19.1 Å². The summed E-state index contributed by atoms with van der Waals surface area (Å²) in [6.45, 7) is 1.46. The molecule has 0 unspecified atom stereocenters. The van der Waals surface area contributed by atoms with Gasteiger partial charge in [-0.2, -0.15) is 10.5 Å². The number of rotatable bonds is 1. The molecular formula is C15H10N2O2S. The van der Waals surface area contributed by atoms with Gasteiger partial charge in [0, 0.05) is 10.5 Å². The Kier molecular flexibility index (Phi) is 3.56. The van der Waals surface area contributed by atoms with Crippen molar-refractivity contribution >= 4 is 14.7 Å². The van der Waals surface area contributed by atoms with Crippen molar-refractivity contribution in [3.05, 3.63) is 64.1 Å². The Morgan fingerprint density at radius 2 is 1.65 bits per heavy atom. The van der Waals surface area contributed by atoms with Gasteiger partial charge < -0.3 is 0 Å². The van der Waals surface area contributed by atoms with Crippen molar-refractivity contribution in [1.29, 1.82) is 10.5 Å². The van der Waals surface area contributed by atoms with Crippen LogP contribution in [0, 0.1) is 22.7 Å². The molecule has 0 amide bonds. The fraction of sp³-hybridized carbons (Fsp3) is 0.0667. The molecular weight excluding hydrogens is 272 g/mol. The molecule has 20 heavy (non-hydrogen) atoms. The summed E-state index contributed by atoms with van der Waals surface area (Å²) < 4.78 is 24.7. The lowest BCUT2D eigenvalue weighted by atomic mass is 10.1. The zero-order valence-electron chi connectivity index (χ0n) is 10.7. The fourth-order valence-electron chi connectivity index (χ4n) is 1.87. The lowest BCUT2D eigenvalue weighted by Gasteiger charge is -2.15. The van der Waals surface area contributed by atoms with E-state index in [0.29, 0.717) is 11.1 Å².